The summed E-state index contributed by atoms with van der Waals surface area (Å²) in [7, 11) is 0. The van der Waals surface area contributed by atoms with E-state index in [0.29, 0.717) is 0 Å². The van der Waals surface area contributed by atoms with Crippen molar-refractivity contribution in [1.29, 1.82) is 0 Å². The first-order valence-corrected chi connectivity index (χ1v) is 5.69. The largest absolute Gasteiger partial charge is 0.298 e. The second-order valence-electron chi connectivity index (χ2n) is 3.22. The predicted octanol–water partition coefficient (Wildman–Crippen LogP) is 3.77. The number of hydrogen-bond acceptors (Lipinski definition) is 1. The summed E-state index contributed by atoms with van der Waals surface area (Å²) in [4.78, 5) is 10.6. The van der Waals surface area contributed by atoms with E-state index in [9.17, 15) is 4.79 Å². The van der Waals surface area contributed by atoms with E-state index in [1.54, 1.807) is 0 Å². The van der Waals surface area contributed by atoms with Gasteiger partial charge in [0.1, 0.15) is 6.29 Å². The van der Waals surface area contributed by atoms with Gasteiger partial charge < -0.3 is 0 Å². The van der Waals surface area contributed by atoms with E-state index in [1.807, 2.05) is 36.4 Å². The van der Waals surface area contributed by atoms with E-state index in [4.69, 9.17) is 0 Å². The van der Waals surface area contributed by atoms with E-state index in [1.165, 1.54) is 11.1 Å². The molecule has 0 bridgehead atoms. The standard InChI is InChI=1S/C13H9IO/c14-13-8-10(9-15)6-7-12(13)11-4-2-1-3-5-11/h1-9H. The van der Waals surface area contributed by atoms with Gasteiger partial charge in [-0.3, -0.25) is 4.79 Å². The van der Waals surface area contributed by atoms with Crippen molar-refractivity contribution in [2.45, 2.75) is 0 Å². The summed E-state index contributed by atoms with van der Waals surface area (Å²) in [5, 5.41) is 0. The average molecular weight is 308 g/mol. The third-order valence-electron chi connectivity index (χ3n) is 2.21. The Morgan fingerprint density at radius 3 is 2.33 bits per heavy atom. The maximum atomic E-state index is 10.6. The van der Waals surface area contributed by atoms with Crippen molar-refractivity contribution in [1.82, 2.24) is 0 Å². The second-order valence-corrected chi connectivity index (χ2v) is 4.39. The molecule has 0 saturated heterocycles. The summed E-state index contributed by atoms with van der Waals surface area (Å²) in [6, 6.07) is 15.9. The van der Waals surface area contributed by atoms with Crippen LogP contribution in [0, 0.1) is 3.57 Å². The molecule has 0 amide bonds. The lowest BCUT2D eigenvalue weighted by molar-refractivity contribution is 0.112. The predicted molar refractivity (Wildman–Crippen MR) is 70.0 cm³/mol. The van der Waals surface area contributed by atoms with Crippen molar-refractivity contribution in [2.75, 3.05) is 0 Å². The molecule has 0 fully saturated rings. The molecule has 0 aliphatic heterocycles. The summed E-state index contributed by atoms with van der Waals surface area (Å²) in [5.74, 6) is 0. The smallest absolute Gasteiger partial charge is 0.150 e. The van der Waals surface area contributed by atoms with E-state index in [0.717, 1.165) is 15.4 Å². The van der Waals surface area contributed by atoms with Gasteiger partial charge in [-0.05, 0) is 39.8 Å². The lowest BCUT2D eigenvalue weighted by atomic mass is 10.0. The van der Waals surface area contributed by atoms with E-state index in [2.05, 4.69) is 34.7 Å². The Kier molecular flexibility index (Phi) is 3.16. The maximum absolute atomic E-state index is 10.6. The minimum atomic E-state index is 0.721. The van der Waals surface area contributed by atoms with Crippen molar-refractivity contribution in [3.05, 3.63) is 57.7 Å². The fourth-order valence-electron chi connectivity index (χ4n) is 1.46. The molecule has 74 valence electrons. The Bertz CT molecular complexity index is 477. The van der Waals surface area contributed by atoms with E-state index in [-0.39, 0.29) is 0 Å². The average Bonchev–Trinajstić information content (AvgIpc) is 2.30. The number of benzene rings is 2. The first-order valence-electron chi connectivity index (χ1n) is 4.61. The zero-order valence-electron chi connectivity index (χ0n) is 7.98. The Balaban J connectivity index is 2.51. The van der Waals surface area contributed by atoms with Gasteiger partial charge in [0.15, 0.2) is 0 Å². The van der Waals surface area contributed by atoms with Gasteiger partial charge in [0.05, 0.1) is 0 Å². The first kappa shape index (κ1) is 10.4. The fraction of sp³-hybridized carbons (Fsp3) is 0. The van der Waals surface area contributed by atoms with Crippen molar-refractivity contribution in [3.63, 3.8) is 0 Å². The maximum Gasteiger partial charge on any atom is 0.150 e. The molecule has 0 aliphatic carbocycles. The third-order valence-corrected chi connectivity index (χ3v) is 3.11. The molecule has 0 atom stereocenters. The van der Waals surface area contributed by atoms with Crippen LogP contribution in [-0.4, -0.2) is 6.29 Å². The van der Waals surface area contributed by atoms with E-state index < -0.39 is 0 Å². The van der Waals surface area contributed by atoms with Crippen LogP contribution in [0.5, 0.6) is 0 Å². The van der Waals surface area contributed by atoms with Crippen LogP contribution in [-0.2, 0) is 0 Å². The van der Waals surface area contributed by atoms with Crippen molar-refractivity contribution < 1.29 is 4.79 Å². The van der Waals surface area contributed by atoms with Gasteiger partial charge in [0.25, 0.3) is 0 Å². The van der Waals surface area contributed by atoms with Crippen LogP contribution in [0.25, 0.3) is 11.1 Å². The minimum absolute atomic E-state index is 0.721. The van der Waals surface area contributed by atoms with Crippen LogP contribution < -0.4 is 0 Å². The van der Waals surface area contributed by atoms with Gasteiger partial charge in [-0.15, -0.1) is 0 Å². The molecule has 0 N–H and O–H groups in total. The molecule has 15 heavy (non-hydrogen) atoms. The van der Waals surface area contributed by atoms with Gasteiger partial charge in [0, 0.05) is 9.13 Å². The summed E-state index contributed by atoms with van der Waals surface area (Å²) >= 11 is 2.25. The molecular formula is C13H9IO. The molecule has 0 radical (unpaired) electrons. The highest BCUT2D eigenvalue weighted by atomic mass is 127. The highest BCUT2D eigenvalue weighted by Crippen LogP contribution is 2.25. The van der Waals surface area contributed by atoms with Crippen LogP contribution in [0.3, 0.4) is 0 Å². The van der Waals surface area contributed by atoms with Crippen molar-refractivity contribution in [2.24, 2.45) is 0 Å². The molecule has 2 heteroatoms. The quantitative estimate of drug-likeness (QED) is 0.610. The molecule has 1 nitrogen and oxygen atoms in total. The van der Waals surface area contributed by atoms with Gasteiger partial charge >= 0.3 is 0 Å². The summed E-state index contributed by atoms with van der Waals surface area (Å²) in [6.45, 7) is 0. The molecule has 0 aliphatic rings. The molecule has 0 aromatic heterocycles. The molecule has 2 rings (SSSR count). The molecule has 2 aromatic rings. The number of hydrogen-bond donors (Lipinski definition) is 0. The number of halogens is 1. The highest BCUT2D eigenvalue weighted by Gasteiger charge is 2.02. The Hall–Kier alpha value is -1.16. The Labute approximate surface area is 102 Å². The monoisotopic (exact) mass is 308 g/mol. The van der Waals surface area contributed by atoms with Gasteiger partial charge in [-0.25, -0.2) is 0 Å². The summed E-state index contributed by atoms with van der Waals surface area (Å²) < 4.78 is 1.10. The fourth-order valence-corrected chi connectivity index (χ4v) is 2.31. The van der Waals surface area contributed by atoms with Crippen molar-refractivity contribution >= 4 is 28.9 Å². The first-order chi connectivity index (χ1) is 7.31. The molecule has 0 unspecified atom stereocenters. The second kappa shape index (κ2) is 4.57. The van der Waals surface area contributed by atoms with Crippen LogP contribution >= 0.6 is 22.6 Å². The molecular weight excluding hydrogens is 299 g/mol. The zero-order chi connectivity index (χ0) is 10.7. The van der Waals surface area contributed by atoms with Crippen LogP contribution in [0.4, 0.5) is 0 Å². The lowest BCUT2D eigenvalue weighted by Crippen LogP contribution is -1.86. The SMILES string of the molecule is O=Cc1ccc(-c2ccccc2)c(I)c1. The topological polar surface area (TPSA) is 17.1 Å². The molecule has 0 heterocycles. The number of carbonyl (C=O) groups is 1. The Morgan fingerprint density at radius 1 is 1.00 bits per heavy atom. The molecule has 0 spiro atoms. The summed E-state index contributed by atoms with van der Waals surface area (Å²) in [6.07, 6.45) is 0.872. The minimum Gasteiger partial charge on any atom is -0.298 e. The van der Waals surface area contributed by atoms with Crippen LogP contribution in [0.2, 0.25) is 0 Å². The number of carbonyl (C=O) groups excluding carboxylic acids is 1. The Morgan fingerprint density at radius 2 is 1.73 bits per heavy atom. The van der Waals surface area contributed by atoms with Gasteiger partial charge in [-0.1, -0.05) is 42.5 Å². The molecule has 0 saturated carbocycles. The number of rotatable bonds is 2. The lowest BCUT2D eigenvalue weighted by Gasteiger charge is -2.04. The van der Waals surface area contributed by atoms with Gasteiger partial charge in [0.2, 0.25) is 0 Å². The number of aldehydes is 1. The van der Waals surface area contributed by atoms with Gasteiger partial charge in [-0.2, -0.15) is 0 Å². The highest BCUT2D eigenvalue weighted by molar-refractivity contribution is 14.1. The third kappa shape index (κ3) is 2.26. The molecule has 2 aromatic carbocycles. The van der Waals surface area contributed by atoms with Crippen LogP contribution in [0.15, 0.2) is 48.5 Å². The summed E-state index contributed by atoms with van der Waals surface area (Å²) in [5.41, 5.74) is 3.07. The van der Waals surface area contributed by atoms with Crippen LogP contribution in [0.1, 0.15) is 10.4 Å². The zero-order valence-corrected chi connectivity index (χ0v) is 10.1. The van der Waals surface area contributed by atoms with E-state index >= 15 is 0 Å². The normalized spacial score (nSPS) is 9.93. The van der Waals surface area contributed by atoms with Crippen molar-refractivity contribution in [3.8, 4) is 11.1 Å².